The normalized spacial score (nSPS) is 27.2. The summed E-state index contributed by atoms with van der Waals surface area (Å²) in [5, 5.41) is 29.3. The first-order chi connectivity index (χ1) is 11.7. The molecule has 3 rings (SSSR count). The first-order valence-electron chi connectivity index (χ1n) is 7.68. The minimum Gasteiger partial charge on any atom is -0.394 e. The fraction of sp³-hybridized carbons (Fsp3) is 0.643. The van der Waals surface area contributed by atoms with Crippen molar-refractivity contribution in [2.24, 2.45) is 0 Å². The lowest BCUT2D eigenvalue weighted by Crippen LogP contribution is -2.33. The van der Waals surface area contributed by atoms with Gasteiger partial charge in [-0.15, -0.1) is 0 Å². The summed E-state index contributed by atoms with van der Waals surface area (Å²) in [6, 6.07) is 0. The molecule has 0 bridgehead atoms. The predicted molar refractivity (Wildman–Crippen MR) is 87.8 cm³/mol. The van der Waals surface area contributed by atoms with Gasteiger partial charge in [-0.1, -0.05) is 0 Å². The molecule has 0 aromatic carbocycles. The number of fused-ring (bicyclic) bond motifs is 1. The highest BCUT2D eigenvalue weighted by Gasteiger charge is 2.44. The Labute approximate surface area is 148 Å². The average Bonchev–Trinajstić information content (AvgIpc) is 3.06. The zero-order valence-electron chi connectivity index (χ0n) is 13.9. The maximum absolute atomic E-state index is 10.2. The van der Waals surface area contributed by atoms with Crippen LogP contribution in [0.15, 0.2) is 6.33 Å². The molecule has 1 fully saturated rings. The summed E-state index contributed by atoms with van der Waals surface area (Å²) in [6.07, 6.45) is -2.98. The molecule has 0 radical (unpaired) electrons. The van der Waals surface area contributed by atoms with Gasteiger partial charge < -0.3 is 20.1 Å². The number of aromatic nitrogens is 4. The van der Waals surface area contributed by atoms with Crippen LogP contribution < -0.4 is 5.48 Å². The van der Waals surface area contributed by atoms with Crippen molar-refractivity contribution in [1.29, 1.82) is 0 Å². The van der Waals surface area contributed by atoms with Gasteiger partial charge in [0, 0.05) is 0 Å². The van der Waals surface area contributed by atoms with Crippen LogP contribution in [0.4, 0.5) is 5.82 Å². The van der Waals surface area contributed by atoms with Crippen LogP contribution in [0.5, 0.6) is 0 Å². The van der Waals surface area contributed by atoms with Crippen LogP contribution in [-0.4, -0.2) is 65.4 Å². The third-order valence-electron chi connectivity index (χ3n) is 3.64. The van der Waals surface area contributed by atoms with E-state index in [1.165, 1.54) is 10.9 Å². The second kappa shape index (κ2) is 6.63. The van der Waals surface area contributed by atoms with Crippen LogP contribution in [0.3, 0.4) is 0 Å². The quantitative estimate of drug-likeness (QED) is 0.438. The van der Waals surface area contributed by atoms with Gasteiger partial charge in [0.25, 0.3) is 0 Å². The van der Waals surface area contributed by atoms with Crippen LogP contribution in [0.2, 0.25) is 5.28 Å². The van der Waals surface area contributed by atoms with Crippen LogP contribution in [0.1, 0.15) is 27.0 Å². The predicted octanol–water partition coefficient (Wildman–Crippen LogP) is 0.233. The summed E-state index contributed by atoms with van der Waals surface area (Å²) in [5.41, 5.74) is 2.87. The van der Waals surface area contributed by atoms with Crippen molar-refractivity contribution in [1.82, 2.24) is 19.5 Å². The molecule has 0 saturated carbocycles. The maximum Gasteiger partial charge on any atom is 0.226 e. The highest BCUT2D eigenvalue weighted by molar-refractivity contribution is 6.28. The Bertz CT molecular complexity index is 764. The molecular weight excluding hydrogens is 354 g/mol. The number of hydrogen-bond donors (Lipinski definition) is 4. The van der Waals surface area contributed by atoms with Gasteiger partial charge in [0.1, 0.15) is 18.3 Å². The minimum atomic E-state index is -1.26. The van der Waals surface area contributed by atoms with E-state index in [2.05, 4.69) is 20.4 Å². The highest BCUT2D eigenvalue weighted by Crippen LogP contribution is 2.32. The maximum atomic E-state index is 10.2. The molecule has 3 heterocycles. The van der Waals surface area contributed by atoms with E-state index >= 15 is 0 Å². The summed E-state index contributed by atoms with van der Waals surface area (Å²) in [6.45, 7) is 5.15. The van der Waals surface area contributed by atoms with Gasteiger partial charge in [-0.05, 0) is 32.4 Å². The van der Waals surface area contributed by atoms with Crippen molar-refractivity contribution in [3.8, 4) is 0 Å². The van der Waals surface area contributed by atoms with Gasteiger partial charge in [0.15, 0.2) is 23.2 Å². The lowest BCUT2D eigenvalue weighted by molar-refractivity contribution is -0.0511. The van der Waals surface area contributed by atoms with Crippen LogP contribution in [-0.2, 0) is 9.57 Å². The molecular formula is C14H20ClN5O5. The summed E-state index contributed by atoms with van der Waals surface area (Å²) in [5.74, 6) is 0.260. The molecule has 0 spiro atoms. The molecule has 4 atom stereocenters. The zero-order chi connectivity index (χ0) is 18.4. The molecule has 11 heteroatoms. The number of ether oxygens (including phenoxy) is 1. The summed E-state index contributed by atoms with van der Waals surface area (Å²) in [7, 11) is 0. The molecule has 0 aliphatic carbocycles. The number of nitrogens with zero attached hydrogens (tertiary/aromatic N) is 4. The molecule has 1 saturated heterocycles. The van der Waals surface area contributed by atoms with E-state index in [-0.39, 0.29) is 16.7 Å². The fourth-order valence-electron chi connectivity index (χ4n) is 2.46. The number of hydrogen-bond acceptors (Lipinski definition) is 9. The van der Waals surface area contributed by atoms with E-state index in [0.29, 0.717) is 5.52 Å². The van der Waals surface area contributed by atoms with Crippen LogP contribution in [0, 0.1) is 0 Å². The summed E-state index contributed by atoms with van der Waals surface area (Å²) in [4.78, 5) is 17.9. The molecule has 2 aromatic heterocycles. The van der Waals surface area contributed by atoms with Crippen molar-refractivity contribution in [3.05, 3.63) is 11.6 Å². The number of rotatable bonds is 4. The van der Waals surface area contributed by atoms with Crippen molar-refractivity contribution in [2.75, 3.05) is 12.1 Å². The lowest BCUT2D eigenvalue weighted by atomic mass is 10.1. The lowest BCUT2D eigenvalue weighted by Gasteiger charge is -2.20. The molecule has 138 valence electrons. The van der Waals surface area contributed by atoms with E-state index in [4.69, 9.17) is 21.2 Å². The third kappa shape index (κ3) is 3.54. The molecule has 1 aliphatic rings. The summed E-state index contributed by atoms with van der Waals surface area (Å²) < 4.78 is 6.92. The first-order valence-corrected chi connectivity index (χ1v) is 8.05. The third-order valence-corrected chi connectivity index (χ3v) is 3.81. The largest absolute Gasteiger partial charge is 0.394 e. The number of halogens is 1. The SMILES string of the molecule is CC(C)(C)ONc1nc(Cl)nc2c1ncn2[C@@H]1O[C@H](CO)C(O)C1O. The van der Waals surface area contributed by atoms with Crippen LogP contribution in [0.25, 0.3) is 11.2 Å². The standard InChI is InChI=1S/C14H20ClN5O5/c1-14(2,3)25-19-10-7-11(18-13(15)17-10)20(5-16-7)12-9(23)8(22)6(4-21)24-12/h5-6,8-9,12,21-23H,4H2,1-3H3,(H,17,18,19)/t6-,8?,9?,12-/m1/s1. The molecule has 1 aliphatic heterocycles. The van der Waals surface area contributed by atoms with Gasteiger partial charge in [-0.25, -0.2) is 10.5 Å². The van der Waals surface area contributed by atoms with E-state index in [9.17, 15) is 15.3 Å². The van der Waals surface area contributed by atoms with E-state index in [1.807, 2.05) is 20.8 Å². The topological polar surface area (TPSA) is 135 Å². The van der Waals surface area contributed by atoms with Gasteiger partial charge in [0.2, 0.25) is 5.28 Å². The van der Waals surface area contributed by atoms with Crippen molar-refractivity contribution in [2.45, 2.75) is 50.9 Å². The monoisotopic (exact) mass is 373 g/mol. The first kappa shape index (κ1) is 18.2. The van der Waals surface area contributed by atoms with Gasteiger partial charge in [-0.2, -0.15) is 9.97 Å². The Morgan fingerprint density at radius 1 is 1.32 bits per heavy atom. The van der Waals surface area contributed by atoms with E-state index in [0.717, 1.165) is 0 Å². The minimum absolute atomic E-state index is 0.0546. The van der Waals surface area contributed by atoms with Crippen molar-refractivity contribution >= 4 is 28.6 Å². The van der Waals surface area contributed by atoms with Crippen LogP contribution >= 0.6 is 11.6 Å². The van der Waals surface area contributed by atoms with Crippen molar-refractivity contribution < 1.29 is 24.9 Å². The van der Waals surface area contributed by atoms with Gasteiger partial charge in [-0.3, -0.25) is 9.40 Å². The number of aliphatic hydroxyl groups is 3. The molecule has 10 nitrogen and oxygen atoms in total. The number of aliphatic hydroxyl groups excluding tert-OH is 3. The number of nitrogens with one attached hydrogen (secondary N) is 1. The van der Waals surface area contributed by atoms with E-state index in [1.54, 1.807) is 0 Å². The van der Waals surface area contributed by atoms with E-state index < -0.39 is 36.7 Å². The average molecular weight is 374 g/mol. The zero-order valence-corrected chi connectivity index (χ0v) is 14.7. The molecule has 4 N–H and O–H groups in total. The Morgan fingerprint density at radius 3 is 2.64 bits per heavy atom. The Balaban J connectivity index is 1.98. The smallest absolute Gasteiger partial charge is 0.226 e. The van der Waals surface area contributed by atoms with Gasteiger partial charge >= 0.3 is 0 Å². The Hall–Kier alpha value is -1.56. The molecule has 25 heavy (non-hydrogen) atoms. The highest BCUT2D eigenvalue weighted by atomic mass is 35.5. The Morgan fingerprint density at radius 2 is 2.04 bits per heavy atom. The van der Waals surface area contributed by atoms with Gasteiger partial charge in [0.05, 0.1) is 18.5 Å². The fourth-order valence-corrected chi connectivity index (χ4v) is 2.62. The second-order valence-electron chi connectivity index (χ2n) is 6.71. The molecule has 0 amide bonds. The number of anilines is 1. The number of imidazole rings is 1. The Kier molecular flexibility index (Phi) is 4.84. The molecule has 2 aromatic rings. The summed E-state index contributed by atoms with van der Waals surface area (Å²) >= 11 is 5.98. The molecule has 2 unspecified atom stereocenters. The van der Waals surface area contributed by atoms with Crippen molar-refractivity contribution in [3.63, 3.8) is 0 Å². The second-order valence-corrected chi connectivity index (χ2v) is 7.05.